The number of carbonyl (C=O) groups excluding carboxylic acids is 2. The monoisotopic (exact) mass is 368 g/mol. The number of aryl methyl sites for hydroxylation is 1. The quantitative estimate of drug-likeness (QED) is 0.539. The molecule has 1 aliphatic rings. The summed E-state index contributed by atoms with van der Waals surface area (Å²) in [5, 5.41) is -1.18. The van der Waals surface area contributed by atoms with E-state index in [0.29, 0.717) is 5.56 Å². The zero-order chi connectivity index (χ0) is 18.8. The molecule has 1 fully saturated rings. The van der Waals surface area contributed by atoms with Gasteiger partial charge < -0.3 is 9.47 Å². The van der Waals surface area contributed by atoms with Crippen LogP contribution in [0.1, 0.15) is 37.8 Å². The van der Waals surface area contributed by atoms with Gasteiger partial charge in [0.2, 0.25) is 0 Å². The van der Waals surface area contributed by atoms with Crippen LogP contribution in [0.2, 0.25) is 0 Å². The van der Waals surface area contributed by atoms with Gasteiger partial charge in [0.25, 0.3) is 0 Å². The molecule has 1 aromatic carbocycles. The van der Waals surface area contributed by atoms with Gasteiger partial charge in [-0.25, -0.2) is 8.42 Å². The summed E-state index contributed by atoms with van der Waals surface area (Å²) in [5.74, 6) is -2.48. The number of rotatable bonds is 7. The highest BCUT2D eigenvalue weighted by Crippen LogP contribution is 2.64. The van der Waals surface area contributed by atoms with Gasteiger partial charge in [-0.2, -0.15) is 0 Å². The van der Waals surface area contributed by atoms with Crippen molar-refractivity contribution in [2.75, 3.05) is 19.5 Å². The van der Waals surface area contributed by atoms with Crippen LogP contribution in [0.25, 0.3) is 0 Å². The molecule has 25 heavy (non-hydrogen) atoms. The Labute approximate surface area is 148 Å². The van der Waals surface area contributed by atoms with Crippen LogP contribution < -0.4 is 0 Å². The van der Waals surface area contributed by atoms with Crippen LogP contribution in [0.5, 0.6) is 0 Å². The highest BCUT2D eigenvalue weighted by Gasteiger charge is 2.80. The maximum Gasteiger partial charge on any atom is 0.325 e. The highest BCUT2D eigenvalue weighted by molar-refractivity contribution is 7.91. The average Bonchev–Trinajstić information content (AvgIpc) is 3.27. The van der Waals surface area contributed by atoms with Gasteiger partial charge in [0, 0.05) is 12.2 Å². The fraction of sp³-hybridized carbons (Fsp3) is 0.556. The third-order valence-electron chi connectivity index (χ3n) is 4.57. The third kappa shape index (κ3) is 3.29. The Morgan fingerprint density at radius 1 is 1.00 bits per heavy atom. The molecule has 2 rings (SSSR count). The molecule has 0 aromatic heterocycles. The zero-order valence-electron chi connectivity index (χ0n) is 14.9. The first kappa shape index (κ1) is 19.4. The van der Waals surface area contributed by atoms with E-state index in [1.54, 1.807) is 26.0 Å². The van der Waals surface area contributed by atoms with Crippen molar-refractivity contribution >= 4 is 21.8 Å². The fourth-order valence-electron chi connectivity index (χ4n) is 3.41. The lowest BCUT2D eigenvalue weighted by atomic mass is 9.98. The molecule has 2 atom stereocenters. The lowest BCUT2D eigenvalue weighted by Gasteiger charge is -2.15. The van der Waals surface area contributed by atoms with E-state index in [1.807, 2.05) is 19.1 Å². The highest BCUT2D eigenvalue weighted by atomic mass is 32.2. The van der Waals surface area contributed by atoms with Gasteiger partial charge in [0.05, 0.1) is 18.5 Å². The van der Waals surface area contributed by atoms with Gasteiger partial charge in [-0.3, -0.25) is 9.59 Å². The molecule has 0 N–H and O–H groups in total. The minimum absolute atomic E-state index is 0.0535. The molecular formula is C18H24O6S. The van der Waals surface area contributed by atoms with Crippen LogP contribution in [-0.4, -0.2) is 45.1 Å². The van der Waals surface area contributed by atoms with Gasteiger partial charge >= 0.3 is 11.9 Å². The third-order valence-corrected chi connectivity index (χ3v) is 6.13. The molecule has 1 saturated carbocycles. The summed E-state index contributed by atoms with van der Waals surface area (Å²) in [4.78, 5) is 25.2. The lowest BCUT2D eigenvalue weighted by molar-refractivity contribution is -0.164. The van der Waals surface area contributed by atoms with E-state index in [4.69, 9.17) is 9.47 Å². The molecule has 0 amide bonds. The van der Waals surface area contributed by atoms with Crippen molar-refractivity contribution in [3.63, 3.8) is 0 Å². The zero-order valence-corrected chi connectivity index (χ0v) is 15.8. The number of esters is 2. The number of hydrogen-bond acceptors (Lipinski definition) is 6. The minimum atomic E-state index is -3.68. The van der Waals surface area contributed by atoms with Crippen molar-refractivity contribution in [1.82, 2.24) is 0 Å². The summed E-state index contributed by atoms with van der Waals surface area (Å²) in [6.45, 7) is 5.34. The Hall–Kier alpha value is -1.89. The van der Waals surface area contributed by atoms with E-state index in [-0.39, 0.29) is 13.2 Å². The standard InChI is InChI=1S/C18H24O6S/c1-5-12-8-10-13(11-9-12)14-15(25(4,21)22)18(14,16(19)23-6-2)17(20)24-7-3/h8-11,14-15H,5-7H2,1-4H3. The molecule has 0 spiro atoms. The number of ether oxygens (including phenoxy) is 2. The molecule has 1 aromatic rings. The topological polar surface area (TPSA) is 86.7 Å². The van der Waals surface area contributed by atoms with Gasteiger partial charge in [-0.05, 0) is 31.4 Å². The summed E-state index contributed by atoms with van der Waals surface area (Å²) in [6.07, 6.45) is 1.87. The van der Waals surface area contributed by atoms with Crippen LogP contribution in [0.3, 0.4) is 0 Å². The van der Waals surface area contributed by atoms with E-state index < -0.39 is 38.4 Å². The average molecular weight is 368 g/mol. The number of carbonyl (C=O) groups is 2. The predicted octanol–water partition coefficient (Wildman–Crippen LogP) is 1.87. The molecule has 1 aliphatic carbocycles. The van der Waals surface area contributed by atoms with Gasteiger partial charge in [0.15, 0.2) is 15.3 Å². The van der Waals surface area contributed by atoms with Crippen LogP contribution in [0.15, 0.2) is 24.3 Å². The Morgan fingerprint density at radius 3 is 1.84 bits per heavy atom. The Kier molecular flexibility index (Phi) is 5.56. The SMILES string of the molecule is CCOC(=O)C1(C(=O)OCC)C(c2ccc(CC)cc2)C1S(C)(=O)=O. The summed E-state index contributed by atoms with van der Waals surface area (Å²) >= 11 is 0. The van der Waals surface area contributed by atoms with Crippen molar-refractivity contribution in [2.24, 2.45) is 5.41 Å². The molecular weight excluding hydrogens is 344 g/mol. The lowest BCUT2D eigenvalue weighted by Crippen LogP contribution is -2.35. The largest absolute Gasteiger partial charge is 0.465 e. The minimum Gasteiger partial charge on any atom is -0.465 e. The second-order valence-electron chi connectivity index (χ2n) is 6.13. The van der Waals surface area contributed by atoms with Gasteiger partial charge in [0.1, 0.15) is 0 Å². The maximum atomic E-state index is 12.6. The van der Waals surface area contributed by atoms with Crippen LogP contribution >= 0.6 is 0 Å². The normalized spacial score (nSPS) is 21.4. The smallest absolute Gasteiger partial charge is 0.325 e. The fourth-order valence-corrected chi connectivity index (χ4v) is 5.21. The molecule has 7 heteroatoms. The first-order valence-electron chi connectivity index (χ1n) is 8.37. The van der Waals surface area contributed by atoms with E-state index in [9.17, 15) is 18.0 Å². The van der Waals surface area contributed by atoms with E-state index in [2.05, 4.69) is 0 Å². The summed E-state index contributed by atoms with van der Waals surface area (Å²) in [6, 6.07) is 7.27. The van der Waals surface area contributed by atoms with Crippen molar-refractivity contribution in [3.8, 4) is 0 Å². The van der Waals surface area contributed by atoms with Crippen LogP contribution in [0, 0.1) is 5.41 Å². The van der Waals surface area contributed by atoms with Crippen molar-refractivity contribution in [1.29, 1.82) is 0 Å². The Bertz CT molecular complexity index is 732. The number of hydrogen-bond donors (Lipinski definition) is 0. The van der Waals surface area contributed by atoms with Crippen LogP contribution in [0.4, 0.5) is 0 Å². The molecule has 0 saturated heterocycles. The number of sulfone groups is 1. The Morgan fingerprint density at radius 2 is 1.48 bits per heavy atom. The molecule has 0 aliphatic heterocycles. The van der Waals surface area contributed by atoms with Crippen LogP contribution in [-0.2, 0) is 35.3 Å². The summed E-state index contributed by atoms with van der Waals surface area (Å²) < 4.78 is 34.7. The molecule has 6 nitrogen and oxygen atoms in total. The molecule has 138 valence electrons. The predicted molar refractivity (Wildman–Crippen MR) is 92.9 cm³/mol. The van der Waals surface area contributed by atoms with Crippen molar-refractivity contribution < 1.29 is 27.5 Å². The summed E-state index contributed by atoms with van der Waals surface area (Å²) in [7, 11) is -3.68. The van der Waals surface area contributed by atoms with Crippen molar-refractivity contribution in [2.45, 2.75) is 38.4 Å². The van der Waals surface area contributed by atoms with E-state index >= 15 is 0 Å². The summed E-state index contributed by atoms with van der Waals surface area (Å²) in [5.41, 5.74) is -0.125. The van der Waals surface area contributed by atoms with E-state index in [0.717, 1.165) is 18.2 Å². The van der Waals surface area contributed by atoms with E-state index in [1.165, 1.54) is 0 Å². The molecule has 0 heterocycles. The first-order valence-corrected chi connectivity index (χ1v) is 10.3. The molecule has 0 radical (unpaired) electrons. The molecule has 2 unspecified atom stereocenters. The maximum absolute atomic E-state index is 12.6. The van der Waals surface area contributed by atoms with Gasteiger partial charge in [-0.15, -0.1) is 0 Å². The second-order valence-corrected chi connectivity index (χ2v) is 8.30. The number of benzene rings is 1. The molecule has 0 bridgehead atoms. The van der Waals surface area contributed by atoms with Crippen molar-refractivity contribution in [3.05, 3.63) is 35.4 Å². The first-order chi connectivity index (χ1) is 11.7. The van der Waals surface area contributed by atoms with Gasteiger partial charge in [-0.1, -0.05) is 31.2 Å². The Balaban J connectivity index is 2.56. The second kappa shape index (κ2) is 7.15.